The van der Waals surface area contributed by atoms with Crippen molar-refractivity contribution in [3.05, 3.63) is 65.2 Å². The summed E-state index contributed by atoms with van der Waals surface area (Å²) < 4.78 is 6.45. The molecule has 1 heterocycles. The lowest BCUT2D eigenvalue weighted by Crippen LogP contribution is -1.95. The molecule has 1 fully saturated rings. The predicted molar refractivity (Wildman–Crippen MR) is 89.6 cm³/mol. The Hall–Kier alpha value is -1.06. The molecule has 0 bridgehead atoms. The zero-order valence-corrected chi connectivity index (χ0v) is 13.2. The molecular weight excluding hydrogens is 284 g/mol. The highest BCUT2D eigenvalue weighted by Crippen LogP contribution is 2.45. The number of aryl methyl sites for hydroxylation is 1. The lowest BCUT2D eigenvalue weighted by atomic mass is 10.2. The van der Waals surface area contributed by atoms with Crippen LogP contribution in [-0.4, -0.2) is 11.5 Å². The van der Waals surface area contributed by atoms with Gasteiger partial charge in [0.05, 0.1) is 4.58 Å². The van der Waals surface area contributed by atoms with Gasteiger partial charge in [0.15, 0.2) is 0 Å². The molecule has 0 aromatic heterocycles. The van der Waals surface area contributed by atoms with Gasteiger partial charge in [-0.1, -0.05) is 42.0 Å². The van der Waals surface area contributed by atoms with Crippen LogP contribution in [0.5, 0.6) is 5.75 Å². The minimum Gasteiger partial charge on any atom is -0.489 e. The first-order chi connectivity index (χ1) is 9.81. The highest BCUT2D eigenvalue weighted by Gasteiger charge is 2.17. The third-order valence-corrected chi connectivity index (χ3v) is 6.40. The average Bonchev–Trinajstić information content (AvgIpc) is 3.01. The molecule has 1 aliphatic rings. The highest BCUT2D eigenvalue weighted by atomic mass is 32.2. The summed E-state index contributed by atoms with van der Waals surface area (Å²) in [5, 5.41) is 0. The first kappa shape index (κ1) is 13.9. The summed E-state index contributed by atoms with van der Waals surface area (Å²) in [7, 11) is 0. The molecule has 0 atom stereocenters. The molecule has 0 unspecified atom stereocenters. The molecule has 3 heteroatoms. The van der Waals surface area contributed by atoms with E-state index in [9.17, 15) is 0 Å². The van der Waals surface area contributed by atoms with Crippen molar-refractivity contribution >= 4 is 23.5 Å². The molecule has 104 valence electrons. The second kappa shape index (κ2) is 6.59. The number of hydrogen-bond donors (Lipinski definition) is 0. The van der Waals surface area contributed by atoms with Gasteiger partial charge in [0.25, 0.3) is 0 Å². The molecule has 2 aromatic carbocycles. The Morgan fingerprint density at radius 1 is 0.950 bits per heavy atom. The summed E-state index contributed by atoms with van der Waals surface area (Å²) in [6.45, 7) is 2.73. The van der Waals surface area contributed by atoms with Crippen LogP contribution >= 0.6 is 23.5 Å². The van der Waals surface area contributed by atoms with E-state index in [0.717, 1.165) is 5.75 Å². The van der Waals surface area contributed by atoms with Crippen molar-refractivity contribution in [1.29, 1.82) is 0 Å². The maximum Gasteiger partial charge on any atom is 0.119 e. The quantitative estimate of drug-likeness (QED) is 0.782. The van der Waals surface area contributed by atoms with Crippen LogP contribution in [0.15, 0.2) is 48.5 Å². The van der Waals surface area contributed by atoms with E-state index >= 15 is 0 Å². The third-order valence-electron chi connectivity index (χ3n) is 3.30. The minimum absolute atomic E-state index is 0.612. The Bertz CT molecular complexity index is 542. The van der Waals surface area contributed by atoms with Crippen molar-refractivity contribution in [1.82, 2.24) is 0 Å². The number of benzene rings is 2. The fourth-order valence-corrected chi connectivity index (χ4v) is 4.98. The smallest absolute Gasteiger partial charge is 0.119 e. The molecule has 1 nitrogen and oxygen atoms in total. The zero-order valence-electron chi connectivity index (χ0n) is 11.5. The van der Waals surface area contributed by atoms with Crippen molar-refractivity contribution in [2.24, 2.45) is 0 Å². The maximum atomic E-state index is 5.84. The molecule has 0 radical (unpaired) electrons. The number of thioether (sulfide) groups is 2. The van der Waals surface area contributed by atoms with E-state index in [2.05, 4.69) is 55.5 Å². The van der Waals surface area contributed by atoms with E-state index in [4.69, 9.17) is 4.74 Å². The van der Waals surface area contributed by atoms with E-state index in [1.807, 2.05) is 23.5 Å². The van der Waals surface area contributed by atoms with Crippen molar-refractivity contribution in [3.63, 3.8) is 0 Å². The Morgan fingerprint density at radius 3 is 2.25 bits per heavy atom. The van der Waals surface area contributed by atoms with Crippen LogP contribution in [0.2, 0.25) is 0 Å². The van der Waals surface area contributed by atoms with Crippen LogP contribution in [0, 0.1) is 6.92 Å². The van der Waals surface area contributed by atoms with Crippen molar-refractivity contribution in [2.45, 2.75) is 18.1 Å². The Labute approximate surface area is 129 Å². The first-order valence-electron chi connectivity index (χ1n) is 6.83. The van der Waals surface area contributed by atoms with Gasteiger partial charge in [-0.15, -0.1) is 23.5 Å². The number of ether oxygens (including phenoxy) is 1. The van der Waals surface area contributed by atoms with Gasteiger partial charge >= 0.3 is 0 Å². The number of hydrogen-bond acceptors (Lipinski definition) is 3. The highest BCUT2D eigenvalue weighted by molar-refractivity contribution is 8.19. The summed E-state index contributed by atoms with van der Waals surface area (Å²) in [5.41, 5.74) is 3.89. The largest absolute Gasteiger partial charge is 0.489 e. The first-order valence-corrected chi connectivity index (χ1v) is 8.92. The van der Waals surface area contributed by atoms with Gasteiger partial charge in [-0.05, 0) is 30.2 Å². The Balaban J connectivity index is 1.59. The second-order valence-corrected chi connectivity index (χ2v) is 7.64. The van der Waals surface area contributed by atoms with Crippen LogP contribution in [0.25, 0.3) is 0 Å². The topological polar surface area (TPSA) is 9.23 Å². The van der Waals surface area contributed by atoms with Gasteiger partial charge < -0.3 is 4.74 Å². The van der Waals surface area contributed by atoms with Crippen LogP contribution in [0.1, 0.15) is 21.3 Å². The van der Waals surface area contributed by atoms with Gasteiger partial charge in [0.1, 0.15) is 12.4 Å². The van der Waals surface area contributed by atoms with Crippen LogP contribution in [-0.2, 0) is 6.61 Å². The molecule has 0 spiro atoms. The molecule has 3 rings (SSSR count). The fourth-order valence-electron chi connectivity index (χ4n) is 2.12. The maximum absolute atomic E-state index is 5.84. The lowest BCUT2D eigenvalue weighted by Gasteiger charge is -2.10. The fraction of sp³-hybridized carbons (Fsp3) is 0.294. The second-order valence-electron chi connectivity index (χ2n) is 4.92. The summed E-state index contributed by atoms with van der Waals surface area (Å²) in [4.78, 5) is 0. The average molecular weight is 302 g/mol. The molecule has 0 N–H and O–H groups in total. The Morgan fingerprint density at radius 2 is 1.60 bits per heavy atom. The summed E-state index contributed by atoms with van der Waals surface area (Å²) in [6.07, 6.45) is 0. The molecule has 20 heavy (non-hydrogen) atoms. The number of rotatable bonds is 4. The van der Waals surface area contributed by atoms with Gasteiger partial charge in [0, 0.05) is 11.5 Å². The summed E-state index contributed by atoms with van der Waals surface area (Å²) >= 11 is 4.07. The summed E-state index contributed by atoms with van der Waals surface area (Å²) in [6, 6.07) is 17.0. The third kappa shape index (κ3) is 3.53. The van der Waals surface area contributed by atoms with Crippen molar-refractivity contribution in [2.75, 3.05) is 11.5 Å². The van der Waals surface area contributed by atoms with Crippen LogP contribution in [0.4, 0.5) is 0 Å². The lowest BCUT2D eigenvalue weighted by molar-refractivity contribution is 0.306. The monoisotopic (exact) mass is 302 g/mol. The van der Waals surface area contributed by atoms with Gasteiger partial charge in [-0.25, -0.2) is 0 Å². The minimum atomic E-state index is 0.612. The van der Waals surface area contributed by atoms with Gasteiger partial charge in [-0.2, -0.15) is 0 Å². The summed E-state index contributed by atoms with van der Waals surface area (Å²) in [5.74, 6) is 3.48. The molecular formula is C17H18OS2. The molecule has 1 saturated heterocycles. The van der Waals surface area contributed by atoms with E-state index in [-0.39, 0.29) is 0 Å². The normalized spacial score (nSPS) is 15.4. The molecule has 0 aliphatic carbocycles. The van der Waals surface area contributed by atoms with Gasteiger partial charge in [-0.3, -0.25) is 0 Å². The van der Waals surface area contributed by atoms with Crippen molar-refractivity contribution in [3.8, 4) is 5.75 Å². The molecule has 1 aliphatic heterocycles. The van der Waals surface area contributed by atoms with E-state index in [0.29, 0.717) is 11.2 Å². The van der Waals surface area contributed by atoms with E-state index in [1.165, 1.54) is 28.2 Å². The standard InChI is InChI=1S/C17H18OS2/c1-13-2-4-14(5-3-13)12-18-16-8-6-15(7-9-16)17-19-10-11-20-17/h2-9,17H,10-12H2,1H3. The molecule has 0 amide bonds. The predicted octanol–water partition coefficient (Wildman–Crippen LogP) is 5.05. The molecule has 2 aromatic rings. The van der Waals surface area contributed by atoms with Crippen LogP contribution in [0.3, 0.4) is 0 Å². The molecule has 0 saturated carbocycles. The SMILES string of the molecule is Cc1ccc(COc2ccc(C3SCCS3)cc2)cc1. The zero-order chi connectivity index (χ0) is 13.8. The van der Waals surface area contributed by atoms with Crippen LogP contribution < -0.4 is 4.74 Å². The Kier molecular flexibility index (Phi) is 4.58. The van der Waals surface area contributed by atoms with E-state index in [1.54, 1.807) is 0 Å². The van der Waals surface area contributed by atoms with E-state index < -0.39 is 0 Å². The van der Waals surface area contributed by atoms with Gasteiger partial charge in [0.2, 0.25) is 0 Å². The van der Waals surface area contributed by atoms with Crippen molar-refractivity contribution < 1.29 is 4.74 Å².